The standard InChI is InChI=1S/C36H36Cl2N6O4/c1-21-30(20-39-14-16-45)42-31-17-22(13-15-44(31)36(21)47)25-5-3-6-26(33(25)37)27-7-4-8-28(34(27)38)29-11-9-23(35(43-29)48-2)18-40-19-24-10-12-32(46)41-24/h3-9,11,13,15,17,24,39-40,45H,10,12,14,16,18-20H2,1-2H3,(H,41,46)/t24-/m1/s1. The molecule has 48 heavy (non-hydrogen) atoms. The summed E-state index contributed by atoms with van der Waals surface area (Å²) in [7, 11) is 1.59. The molecule has 12 heteroatoms. The van der Waals surface area contributed by atoms with Crippen LogP contribution in [0.15, 0.2) is 71.7 Å². The first-order valence-electron chi connectivity index (χ1n) is 15.7. The molecule has 5 aromatic rings. The van der Waals surface area contributed by atoms with Crippen LogP contribution in [0.1, 0.15) is 29.7 Å². The van der Waals surface area contributed by atoms with Crippen molar-refractivity contribution >= 4 is 34.8 Å². The topological polar surface area (TPSA) is 130 Å². The van der Waals surface area contributed by atoms with Crippen LogP contribution in [0.5, 0.6) is 5.88 Å². The fourth-order valence-electron chi connectivity index (χ4n) is 5.94. The van der Waals surface area contributed by atoms with Crippen LogP contribution in [0.4, 0.5) is 0 Å². The third-order valence-corrected chi connectivity index (χ3v) is 9.35. The van der Waals surface area contributed by atoms with Gasteiger partial charge in [-0.15, -0.1) is 0 Å². The van der Waals surface area contributed by atoms with Crippen molar-refractivity contribution in [3.63, 3.8) is 0 Å². The molecule has 10 nitrogen and oxygen atoms in total. The second-order valence-electron chi connectivity index (χ2n) is 11.7. The van der Waals surface area contributed by atoms with Gasteiger partial charge in [-0.05, 0) is 37.1 Å². The lowest BCUT2D eigenvalue weighted by atomic mass is 9.97. The van der Waals surface area contributed by atoms with Crippen molar-refractivity contribution in [1.82, 2.24) is 30.3 Å². The number of carbonyl (C=O) groups excluding carboxylic acids is 1. The van der Waals surface area contributed by atoms with E-state index in [0.717, 1.165) is 39.8 Å². The zero-order valence-corrected chi connectivity index (χ0v) is 28.2. The average molecular weight is 688 g/mol. The van der Waals surface area contributed by atoms with E-state index in [2.05, 4.69) is 16.0 Å². The molecule has 1 aliphatic rings. The zero-order valence-electron chi connectivity index (χ0n) is 26.6. The molecule has 3 aromatic heterocycles. The van der Waals surface area contributed by atoms with Gasteiger partial charge in [0.1, 0.15) is 5.65 Å². The third-order valence-electron chi connectivity index (χ3n) is 8.54. The smallest absolute Gasteiger partial charge is 0.261 e. The van der Waals surface area contributed by atoms with Crippen molar-refractivity contribution in [3.05, 3.63) is 104 Å². The highest BCUT2D eigenvalue weighted by molar-refractivity contribution is 6.39. The number of rotatable bonds is 12. The van der Waals surface area contributed by atoms with E-state index >= 15 is 0 Å². The fourth-order valence-corrected chi connectivity index (χ4v) is 6.60. The van der Waals surface area contributed by atoms with Crippen LogP contribution in [0.2, 0.25) is 10.0 Å². The summed E-state index contributed by atoms with van der Waals surface area (Å²) in [5.41, 5.74) is 6.86. The maximum absolute atomic E-state index is 13.1. The van der Waals surface area contributed by atoms with Crippen LogP contribution in [-0.2, 0) is 17.9 Å². The summed E-state index contributed by atoms with van der Waals surface area (Å²) in [5.74, 6) is 0.582. The van der Waals surface area contributed by atoms with E-state index < -0.39 is 0 Å². The predicted molar refractivity (Wildman–Crippen MR) is 189 cm³/mol. The number of ether oxygens (including phenoxy) is 1. The Labute approximate surface area is 288 Å². The Kier molecular flexibility index (Phi) is 10.4. The number of aliphatic hydroxyl groups is 1. The normalized spacial score (nSPS) is 14.4. The molecular formula is C36H36Cl2N6O4. The van der Waals surface area contributed by atoms with Gasteiger partial charge in [0.05, 0.1) is 35.1 Å². The predicted octanol–water partition coefficient (Wildman–Crippen LogP) is 5.16. The van der Waals surface area contributed by atoms with Crippen molar-refractivity contribution in [1.29, 1.82) is 0 Å². The molecule has 1 amide bonds. The van der Waals surface area contributed by atoms with Crippen LogP contribution in [-0.4, -0.2) is 58.2 Å². The maximum Gasteiger partial charge on any atom is 0.261 e. The van der Waals surface area contributed by atoms with Gasteiger partial charge in [0.15, 0.2) is 0 Å². The van der Waals surface area contributed by atoms with Gasteiger partial charge in [-0.25, -0.2) is 9.97 Å². The number of carbonyl (C=O) groups is 1. The Balaban J connectivity index is 1.29. The monoisotopic (exact) mass is 686 g/mol. The molecule has 0 saturated carbocycles. The van der Waals surface area contributed by atoms with Crippen molar-refractivity contribution in [2.45, 2.75) is 38.9 Å². The second kappa shape index (κ2) is 14.8. The lowest BCUT2D eigenvalue weighted by Gasteiger charge is -2.16. The van der Waals surface area contributed by atoms with Gasteiger partial charge in [0.25, 0.3) is 5.56 Å². The number of nitrogens with one attached hydrogen (secondary N) is 3. The number of halogens is 2. The molecule has 0 unspecified atom stereocenters. The van der Waals surface area contributed by atoms with Crippen LogP contribution in [0, 0.1) is 6.92 Å². The first kappa shape index (κ1) is 33.6. The summed E-state index contributed by atoms with van der Waals surface area (Å²) in [6, 6.07) is 19.2. The highest BCUT2D eigenvalue weighted by atomic mass is 35.5. The third kappa shape index (κ3) is 6.94. The molecule has 1 saturated heterocycles. The van der Waals surface area contributed by atoms with E-state index in [1.54, 1.807) is 20.2 Å². The number of fused-ring (bicyclic) bond motifs is 1. The minimum atomic E-state index is -0.149. The van der Waals surface area contributed by atoms with Gasteiger partial charge < -0.3 is 25.8 Å². The number of amides is 1. The minimum absolute atomic E-state index is 0.00365. The highest BCUT2D eigenvalue weighted by Crippen LogP contribution is 2.42. The van der Waals surface area contributed by atoms with Gasteiger partial charge in [-0.1, -0.05) is 65.7 Å². The van der Waals surface area contributed by atoms with E-state index in [0.29, 0.717) is 71.1 Å². The molecule has 6 rings (SSSR count). The number of benzene rings is 2. The number of aromatic nitrogens is 3. The van der Waals surface area contributed by atoms with Gasteiger partial charge in [0.2, 0.25) is 11.8 Å². The number of aliphatic hydroxyl groups excluding tert-OH is 1. The number of hydrogen-bond acceptors (Lipinski definition) is 8. The Hall–Kier alpha value is -4.32. The van der Waals surface area contributed by atoms with Crippen LogP contribution in [0.25, 0.3) is 39.2 Å². The average Bonchev–Trinajstić information content (AvgIpc) is 3.52. The fraction of sp³-hybridized carbons (Fsp3) is 0.278. The molecule has 248 valence electrons. The second-order valence-corrected chi connectivity index (χ2v) is 12.4. The van der Waals surface area contributed by atoms with Crippen molar-refractivity contribution < 1.29 is 14.6 Å². The molecule has 1 fully saturated rings. The van der Waals surface area contributed by atoms with E-state index in [-0.39, 0.29) is 24.1 Å². The molecule has 0 radical (unpaired) electrons. The number of nitrogens with zero attached hydrogens (tertiary/aromatic N) is 3. The van der Waals surface area contributed by atoms with Gasteiger partial charge in [0, 0.05) is 78.2 Å². The van der Waals surface area contributed by atoms with E-state index in [1.165, 1.54) is 4.40 Å². The Morgan fingerprint density at radius 1 is 0.958 bits per heavy atom. The quantitative estimate of drug-likeness (QED) is 0.132. The zero-order chi connectivity index (χ0) is 33.8. The Bertz CT molecular complexity index is 2050. The summed E-state index contributed by atoms with van der Waals surface area (Å²) in [6.07, 6.45) is 3.10. The summed E-state index contributed by atoms with van der Waals surface area (Å²) >= 11 is 14.2. The van der Waals surface area contributed by atoms with Crippen molar-refractivity contribution in [2.24, 2.45) is 0 Å². The first-order chi connectivity index (χ1) is 23.3. The molecular weight excluding hydrogens is 651 g/mol. The Morgan fingerprint density at radius 2 is 1.69 bits per heavy atom. The van der Waals surface area contributed by atoms with Crippen LogP contribution < -0.4 is 26.2 Å². The maximum atomic E-state index is 13.1. The minimum Gasteiger partial charge on any atom is -0.481 e. The lowest BCUT2D eigenvalue weighted by molar-refractivity contribution is -0.119. The van der Waals surface area contributed by atoms with Gasteiger partial charge >= 0.3 is 0 Å². The van der Waals surface area contributed by atoms with Crippen LogP contribution in [0.3, 0.4) is 0 Å². The summed E-state index contributed by atoms with van der Waals surface area (Å²) < 4.78 is 7.15. The van der Waals surface area contributed by atoms with Gasteiger partial charge in [-0.3, -0.25) is 14.0 Å². The lowest BCUT2D eigenvalue weighted by Crippen LogP contribution is -2.35. The van der Waals surface area contributed by atoms with E-state index in [1.807, 2.05) is 60.7 Å². The summed E-state index contributed by atoms with van der Waals surface area (Å²) in [4.78, 5) is 34.1. The molecule has 4 heterocycles. The number of methoxy groups -OCH3 is 1. The van der Waals surface area contributed by atoms with Crippen LogP contribution >= 0.6 is 23.2 Å². The molecule has 0 spiro atoms. The molecule has 0 aliphatic carbocycles. The summed E-state index contributed by atoms with van der Waals surface area (Å²) in [6.45, 7) is 3.73. The molecule has 0 bridgehead atoms. The van der Waals surface area contributed by atoms with E-state index in [9.17, 15) is 9.59 Å². The summed E-state index contributed by atoms with van der Waals surface area (Å²) in [5, 5.41) is 19.6. The molecule has 1 atom stereocenters. The molecule has 4 N–H and O–H groups in total. The molecule has 1 aliphatic heterocycles. The largest absolute Gasteiger partial charge is 0.481 e. The van der Waals surface area contributed by atoms with Crippen molar-refractivity contribution in [3.8, 4) is 39.4 Å². The highest BCUT2D eigenvalue weighted by Gasteiger charge is 2.21. The first-order valence-corrected chi connectivity index (χ1v) is 16.5. The SMILES string of the molecule is COc1nc(-c2cccc(-c3cccc(-c4ccn5c(=O)c(C)c(CNCCO)nc5c4)c3Cl)c2Cl)ccc1CNC[C@H]1CCC(=O)N1. The van der Waals surface area contributed by atoms with Crippen molar-refractivity contribution in [2.75, 3.05) is 26.8 Å². The van der Waals surface area contributed by atoms with E-state index in [4.69, 9.17) is 43.0 Å². The van der Waals surface area contributed by atoms with Gasteiger partial charge in [-0.2, -0.15) is 0 Å². The Morgan fingerprint density at radius 3 is 2.40 bits per heavy atom. The molecule has 2 aromatic carbocycles. The number of hydrogen-bond donors (Lipinski definition) is 4. The number of pyridine rings is 2.